The van der Waals surface area contributed by atoms with Gasteiger partial charge in [0.1, 0.15) is 5.75 Å². The van der Waals surface area contributed by atoms with Crippen molar-refractivity contribution in [2.75, 3.05) is 44.7 Å². The lowest BCUT2D eigenvalue weighted by atomic mass is 9.86. The van der Waals surface area contributed by atoms with Crippen LogP contribution in [0.3, 0.4) is 0 Å². The van der Waals surface area contributed by atoms with Crippen molar-refractivity contribution < 1.29 is 19.1 Å². The third-order valence-electron chi connectivity index (χ3n) is 8.44. The Morgan fingerprint density at radius 2 is 1.49 bits per heavy atom. The highest BCUT2D eigenvalue weighted by atomic mass is 16.5. The molecule has 0 bridgehead atoms. The number of carbonyl (C=O) groups is 2. The number of benzene rings is 3. The van der Waals surface area contributed by atoms with E-state index in [9.17, 15) is 9.59 Å². The number of carbonyl (C=O) groups excluding carboxylic acids is 2. The van der Waals surface area contributed by atoms with Gasteiger partial charge < -0.3 is 19.3 Å². The van der Waals surface area contributed by atoms with Crippen molar-refractivity contribution in [3.63, 3.8) is 0 Å². The van der Waals surface area contributed by atoms with E-state index in [-0.39, 0.29) is 18.4 Å². The van der Waals surface area contributed by atoms with Crippen LogP contribution in [0.5, 0.6) is 5.75 Å². The first-order valence-corrected chi connectivity index (χ1v) is 15.5. The Balaban J connectivity index is 1.53. The summed E-state index contributed by atoms with van der Waals surface area (Å²) >= 11 is 0. The number of ether oxygens (including phenoxy) is 2. The molecule has 1 saturated heterocycles. The van der Waals surface area contributed by atoms with Gasteiger partial charge in [-0.2, -0.15) is 0 Å². The molecule has 0 amide bonds. The zero-order chi connectivity index (χ0) is 30.4. The Morgan fingerprint density at radius 1 is 0.791 bits per heavy atom. The summed E-state index contributed by atoms with van der Waals surface area (Å²) < 4.78 is 10.7. The van der Waals surface area contributed by atoms with E-state index in [1.807, 2.05) is 63.2 Å². The fraction of sp³-hybridized carbons (Fsp3) is 0.405. The average Bonchev–Trinajstić information content (AvgIpc) is 3.68. The first-order chi connectivity index (χ1) is 20.7. The summed E-state index contributed by atoms with van der Waals surface area (Å²) in [6.45, 7) is 11.2. The second kappa shape index (κ2) is 13.6. The van der Waals surface area contributed by atoms with E-state index in [0.29, 0.717) is 12.2 Å². The molecule has 3 aromatic rings. The predicted octanol–water partition coefficient (Wildman–Crippen LogP) is 7.01. The Bertz CT molecular complexity index is 1450. The number of hydrogen-bond acceptors (Lipinski definition) is 6. The van der Waals surface area contributed by atoms with E-state index in [2.05, 4.69) is 40.1 Å². The molecule has 3 aromatic carbocycles. The van der Waals surface area contributed by atoms with Gasteiger partial charge in [0.25, 0.3) is 0 Å². The minimum absolute atomic E-state index is 0.236. The maximum absolute atomic E-state index is 12.5. The molecule has 5 rings (SSSR count). The zero-order valence-electron chi connectivity index (χ0n) is 26.0. The van der Waals surface area contributed by atoms with Crippen LogP contribution in [0, 0.1) is 5.41 Å². The van der Waals surface area contributed by atoms with Gasteiger partial charge in [0.2, 0.25) is 0 Å². The van der Waals surface area contributed by atoms with Crippen molar-refractivity contribution in [3.8, 4) is 5.75 Å². The second-order valence-corrected chi connectivity index (χ2v) is 12.6. The van der Waals surface area contributed by atoms with Crippen LogP contribution in [-0.2, 0) is 20.7 Å². The monoisotopic (exact) mass is 580 g/mol. The van der Waals surface area contributed by atoms with Crippen molar-refractivity contribution in [2.24, 2.45) is 5.41 Å². The largest absolute Gasteiger partial charge is 0.469 e. The maximum atomic E-state index is 12.5. The lowest BCUT2D eigenvalue weighted by Gasteiger charge is -2.24. The molecule has 2 aliphatic heterocycles. The highest BCUT2D eigenvalue weighted by Crippen LogP contribution is 2.39. The van der Waals surface area contributed by atoms with Crippen LogP contribution in [0.2, 0.25) is 0 Å². The summed E-state index contributed by atoms with van der Waals surface area (Å²) in [6, 6.07) is 24.8. The average molecular weight is 581 g/mol. The predicted molar refractivity (Wildman–Crippen MR) is 173 cm³/mol. The number of nitrogens with zero attached hydrogens (tertiary/aromatic N) is 2. The highest BCUT2D eigenvalue weighted by Gasteiger charge is 2.25. The Kier molecular flexibility index (Phi) is 9.66. The SMILES string of the molecule is COC(=O)CC/C(=C(\c1ccc(OC(=O)C(C)(C)C)cc1)c1ccc2c(c1)CCN2CCN1CCCC1)c1ccccc1. The number of allylic oxidation sites excluding steroid dienone is 1. The van der Waals surface area contributed by atoms with Gasteiger partial charge in [-0.25, -0.2) is 0 Å². The van der Waals surface area contributed by atoms with Crippen LogP contribution >= 0.6 is 0 Å². The Labute approximate surface area is 256 Å². The summed E-state index contributed by atoms with van der Waals surface area (Å²) in [5.74, 6) is 0.00763. The van der Waals surface area contributed by atoms with Gasteiger partial charge in [0.15, 0.2) is 0 Å². The molecule has 2 aliphatic rings. The Morgan fingerprint density at radius 3 is 2.16 bits per heavy atom. The van der Waals surface area contributed by atoms with Gasteiger partial charge in [-0.15, -0.1) is 0 Å². The normalized spacial score (nSPS) is 15.7. The molecule has 226 valence electrons. The molecule has 43 heavy (non-hydrogen) atoms. The van der Waals surface area contributed by atoms with Crippen LogP contribution in [0.1, 0.15) is 68.7 Å². The van der Waals surface area contributed by atoms with Crippen LogP contribution in [0.25, 0.3) is 11.1 Å². The summed E-state index contributed by atoms with van der Waals surface area (Å²) in [7, 11) is 1.43. The number of rotatable bonds is 10. The summed E-state index contributed by atoms with van der Waals surface area (Å²) in [5.41, 5.74) is 7.42. The van der Waals surface area contributed by atoms with Crippen molar-refractivity contribution in [2.45, 2.75) is 52.9 Å². The lowest BCUT2D eigenvalue weighted by molar-refractivity contribution is -0.143. The number of methoxy groups -OCH3 is 1. The molecule has 6 nitrogen and oxygen atoms in total. The molecule has 0 aromatic heterocycles. The standard InChI is InChI=1S/C37H44N2O4/c1-37(2,3)36(41)43-31-15-12-28(13-16-31)35(32(17-19-34(40)42-4)27-10-6-5-7-11-27)30-14-18-33-29(26-30)20-23-39(33)25-24-38-21-8-9-22-38/h5-7,10-16,18,26H,8-9,17,19-25H2,1-4H3/b35-32-. The van der Waals surface area contributed by atoms with Gasteiger partial charge in [-0.3, -0.25) is 9.59 Å². The molecule has 0 radical (unpaired) electrons. The van der Waals surface area contributed by atoms with E-state index in [1.54, 1.807) is 0 Å². The molecule has 0 unspecified atom stereocenters. The molecule has 2 heterocycles. The van der Waals surface area contributed by atoms with E-state index < -0.39 is 5.41 Å². The van der Waals surface area contributed by atoms with Gasteiger partial charge in [-0.1, -0.05) is 48.5 Å². The summed E-state index contributed by atoms with van der Waals surface area (Å²) in [6.07, 6.45) is 4.46. The molecule has 0 spiro atoms. The van der Waals surface area contributed by atoms with Crippen molar-refractivity contribution >= 4 is 28.8 Å². The maximum Gasteiger partial charge on any atom is 0.316 e. The number of hydrogen-bond donors (Lipinski definition) is 0. The first-order valence-electron chi connectivity index (χ1n) is 15.5. The minimum atomic E-state index is -0.592. The third-order valence-corrected chi connectivity index (χ3v) is 8.44. The molecule has 0 atom stereocenters. The molecule has 0 saturated carbocycles. The first kappa shape index (κ1) is 30.6. The number of fused-ring (bicyclic) bond motifs is 1. The van der Waals surface area contributed by atoms with E-state index in [1.165, 1.54) is 44.3 Å². The third kappa shape index (κ3) is 7.55. The second-order valence-electron chi connectivity index (χ2n) is 12.6. The fourth-order valence-electron chi connectivity index (χ4n) is 5.97. The van der Waals surface area contributed by atoms with Crippen molar-refractivity contribution in [1.82, 2.24) is 4.90 Å². The molecule has 0 N–H and O–H groups in total. The number of anilines is 1. The van der Waals surface area contributed by atoms with Gasteiger partial charge in [-0.05, 0) is 117 Å². The van der Waals surface area contributed by atoms with Crippen molar-refractivity contribution in [1.29, 1.82) is 0 Å². The topological polar surface area (TPSA) is 59.1 Å². The molecule has 6 heteroatoms. The van der Waals surface area contributed by atoms with Crippen molar-refractivity contribution in [3.05, 3.63) is 95.1 Å². The van der Waals surface area contributed by atoms with E-state index in [4.69, 9.17) is 9.47 Å². The lowest BCUT2D eigenvalue weighted by Crippen LogP contribution is -2.32. The fourth-order valence-corrected chi connectivity index (χ4v) is 5.97. The van der Waals surface area contributed by atoms with Gasteiger partial charge in [0.05, 0.1) is 12.5 Å². The number of likely N-dealkylation sites (tertiary alicyclic amines) is 1. The smallest absolute Gasteiger partial charge is 0.316 e. The van der Waals surface area contributed by atoms with E-state index >= 15 is 0 Å². The summed E-state index contributed by atoms with van der Waals surface area (Å²) in [4.78, 5) is 29.9. The number of esters is 2. The molecular formula is C37H44N2O4. The van der Waals surface area contributed by atoms with Crippen LogP contribution < -0.4 is 9.64 Å². The molecular weight excluding hydrogens is 536 g/mol. The van der Waals surface area contributed by atoms with Gasteiger partial charge in [0, 0.05) is 31.7 Å². The summed E-state index contributed by atoms with van der Waals surface area (Å²) in [5, 5.41) is 0. The quantitative estimate of drug-likeness (QED) is 0.146. The zero-order valence-corrected chi connectivity index (χ0v) is 26.0. The minimum Gasteiger partial charge on any atom is -0.469 e. The highest BCUT2D eigenvalue weighted by molar-refractivity contribution is 5.99. The van der Waals surface area contributed by atoms with Gasteiger partial charge >= 0.3 is 11.9 Å². The van der Waals surface area contributed by atoms with Crippen LogP contribution in [0.15, 0.2) is 72.8 Å². The Hall–Kier alpha value is -3.90. The molecule has 0 aliphatic carbocycles. The van der Waals surface area contributed by atoms with E-state index in [0.717, 1.165) is 53.9 Å². The van der Waals surface area contributed by atoms with Crippen LogP contribution in [-0.4, -0.2) is 56.7 Å². The van der Waals surface area contributed by atoms with Crippen LogP contribution in [0.4, 0.5) is 5.69 Å². The molecule has 1 fully saturated rings.